The maximum Gasteiger partial charge on any atom is 0.279 e. The Hall–Kier alpha value is -0.920. The highest BCUT2D eigenvalue weighted by Crippen LogP contribution is 2.18. The highest BCUT2D eigenvalue weighted by molar-refractivity contribution is 7.87. The first-order valence-electron chi connectivity index (χ1n) is 6.73. The summed E-state index contributed by atoms with van der Waals surface area (Å²) in [6, 6.07) is 0.102. The van der Waals surface area contributed by atoms with Crippen LogP contribution < -0.4 is 4.72 Å². The van der Waals surface area contributed by atoms with Crippen LogP contribution in [0.25, 0.3) is 0 Å². The Bertz CT molecular complexity index is 512. The first-order chi connectivity index (χ1) is 8.99. The van der Waals surface area contributed by atoms with Gasteiger partial charge in [0.15, 0.2) is 0 Å². The summed E-state index contributed by atoms with van der Waals surface area (Å²) in [6.07, 6.45) is 7.34. The van der Waals surface area contributed by atoms with Crippen molar-refractivity contribution in [2.45, 2.75) is 38.6 Å². The minimum Gasteiger partial charge on any atom is -0.276 e. The molecule has 1 atom stereocenters. The van der Waals surface area contributed by atoms with E-state index in [1.54, 1.807) is 15.2 Å². The third kappa shape index (κ3) is 3.77. The van der Waals surface area contributed by atoms with E-state index in [2.05, 4.69) is 9.82 Å². The number of hydrogen-bond donors (Lipinski definition) is 1. The molecule has 0 aromatic carbocycles. The zero-order valence-electron chi connectivity index (χ0n) is 11.5. The molecule has 0 saturated carbocycles. The number of aromatic nitrogens is 2. The molecule has 1 fully saturated rings. The number of nitrogens with zero attached hydrogens (tertiary/aromatic N) is 3. The average Bonchev–Trinajstić information content (AvgIpc) is 2.75. The molecule has 0 bridgehead atoms. The maximum absolute atomic E-state index is 12.2. The lowest BCUT2D eigenvalue weighted by molar-refractivity contribution is 0.265. The molecular weight excluding hydrogens is 264 g/mol. The fraction of sp³-hybridized carbons (Fsp3) is 0.750. The van der Waals surface area contributed by atoms with E-state index in [4.69, 9.17) is 0 Å². The monoisotopic (exact) mass is 286 g/mol. The molecule has 2 rings (SSSR count). The molecule has 1 aromatic rings. The van der Waals surface area contributed by atoms with Gasteiger partial charge in [0.2, 0.25) is 0 Å². The smallest absolute Gasteiger partial charge is 0.276 e. The van der Waals surface area contributed by atoms with Gasteiger partial charge in [0.1, 0.15) is 0 Å². The summed E-state index contributed by atoms with van der Waals surface area (Å²) in [7, 11) is -1.49. The summed E-state index contributed by atoms with van der Waals surface area (Å²) in [6.45, 7) is 3.01. The van der Waals surface area contributed by atoms with Gasteiger partial charge in [0.05, 0.1) is 6.20 Å². The van der Waals surface area contributed by atoms with E-state index < -0.39 is 10.2 Å². The van der Waals surface area contributed by atoms with Gasteiger partial charge in [-0.05, 0) is 31.7 Å². The van der Waals surface area contributed by atoms with Gasteiger partial charge >= 0.3 is 0 Å². The van der Waals surface area contributed by atoms with Crippen LogP contribution >= 0.6 is 0 Å². The second-order valence-electron chi connectivity index (χ2n) is 5.13. The number of hydrogen-bond acceptors (Lipinski definition) is 3. The van der Waals surface area contributed by atoms with Crippen molar-refractivity contribution < 1.29 is 8.42 Å². The molecule has 6 nitrogen and oxygen atoms in total. The molecule has 0 amide bonds. The zero-order chi connectivity index (χ0) is 13.9. The maximum atomic E-state index is 12.2. The number of piperidine rings is 1. The van der Waals surface area contributed by atoms with Crippen molar-refractivity contribution in [3.63, 3.8) is 0 Å². The van der Waals surface area contributed by atoms with E-state index >= 15 is 0 Å². The third-order valence-electron chi connectivity index (χ3n) is 3.51. The predicted molar refractivity (Wildman–Crippen MR) is 73.9 cm³/mol. The topological polar surface area (TPSA) is 67.2 Å². The zero-order valence-corrected chi connectivity index (χ0v) is 12.4. The van der Waals surface area contributed by atoms with Crippen LogP contribution in [-0.4, -0.2) is 41.6 Å². The second kappa shape index (κ2) is 6.02. The third-order valence-corrected chi connectivity index (χ3v) is 5.24. The number of rotatable bonds is 5. The van der Waals surface area contributed by atoms with Gasteiger partial charge in [-0.3, -0.25) is 4.68 Å². The summed E-state index contributed by atoms with van der Waals surface area (Å²) < 4.78 is 30.4. The van der Waals surface area contributed by atoms with Crippen LogP contribution in [0, 0.1) is 0 Å². The van der Waals surface area contributed by atoms with Gasteiger partial charge in [0.25, 0.3) is 10.2 Å². The van der Waals surface area contributed by atoms with Crippen molar-refractivity contribution in [2.75, 3.05) is 13.1 Å². The Balaban J connectivity index is 1.86. The molecule has 1 aliphatic heterocycles. The van der Waals surface area contributed by atoms with Crippen LogP contribution in [0.3, 0.4) is 0 Å². The van der Waals surface area contributed by atoms with Gasteiger partial charge in [-0.2, -0.15) is 17.8 Å². The van der Waals surface area contributed by atoms with Crippen molar-refractivity contribution in [1.29, 1.82) is 0 Å². The molecule has 2 heterocycles. The van der Waals surface area contributed by atoms with Crippen LogP contribution in [0.4, 0.5) is 0 Å². The first kappa shape index (κ1) is 14.5. The lowest BCUT2D eigenvalue weighted by atomic mass is 10.1. The van der Waals surface area contributed by atoms with Gasteiger partial charge in [0, 0.05) is 32.4 Å². The molecule has 7 heteroatoms. The van der Waals surface area contributed by atoms with E-state index in [1.807, 2.05) is 20.2 Å². The lowest BCUT2D eigenvalue weighted by Crippen LogP contribution is -2.48. The van der Waals surface area contributed by atoms with Gasteiger partial charge in [-0.15, -0.1) is 0 Å². The predicted octanol–water partition coefficient (Wildman–Crippen LogP) is 0.671. The Labute approximate surface area is 115 Å². The molecule has 0 radical (unpaired) electrons. The van der Waals surface area contributed by atoms with Crippen molar-refractivity contribution in [3.8, 4) is 0 Å². The van der Waals surface area contributed by atoms with Gasteiger partial charge in [-0.25, -0.2) is 4.72 Å². The minimum absolute atomic E-state index is 0.102. The second-order valence-corrected chi connectivity index (χ2v) is 6.83. The highest BCUT2D eigenvalue weighted by atomic mass is 32.2. The quantitative estimate of drug-likeness (QED) is 0.865. The highest BCUT2D eigenvalue weighted by Gasteiger charge is 2.28. The van der Waals surface area contributed by atoms with Crippen LogP contribution in [0.5, 0.6) is 0 Å². The Morgan fingerprint density at radius 3 is 2.89 bits per heavy atom. The van der Waals surface area contributed by atoms with Crippen LogP contribution in [0.1, 0.15) is 31.7 Å². The summed E-state index contributed by atoms with van der Waals surface area (Å²) in [5.41, 5.74) is 1.04. The normalized spacial score (nSPS) is 21.7. The molecule has 19 heavy (non-hydrogen) atoms. The van der Waals surface area contributed by atoms with Gasteiger partial charge in [-0.1, -0.05) is 6.42 Å². The molecule has 1 aromatic heterocycles. The summed E-state index contributed by atoms with van der Waals surface area (Å²) in [4.78, 5) is 0. The van der Waals surface area contributed by atoms with E-state index in [0.29, 0.717) is 19.5 Å². The Morgan fingerprint density at radius 1 is 1.47 bits per heavy atom. The largest absolute Gasteiger partial charge is 0.279 e. The minimum atomic E-state index is -3.34. The average molecular weight is 286 g/mol. The first-order valence-corrected chi connectivity index (χ1v) is 8.17. The summed E-state index contributed by atoms with van der Waals surface area (Å²) >= 11 is 0. The molecular formula is C12H22N4O2S. The molecule has 108 valence electrons. The lowest BCUT2D eigenvalue weighted by Gasteiger charge is -2.32. The SMILES string of the molecule is CC1CCCCN1S(=O)(=O)NCCc1cnn(C)c1. The Kier molecular flexibility index (Phi) is 4.59. The van der Waals surface area contributed by atoms with Crippen LogP contribution in [0.15, 0.2) is 12.4 Å². The van der Waals surface area contributed by atoms with Crippen molar-refractivity contribution >= 4 is 10.2 Å². The molecule has 0 spiro atoms. The summed E-state index contributed by atoms with van der Waals surface area (Å²) in [5, 5.41) is 4.06. The van der Waals surface area contributed by atoms with Gasteiger partial charge < -0.3 is 0 Å². The van der Waals surface area contributed by atoms with Crippen molar-refractivity contribution in [3.05, 3.63) is 18.0 Å². The van der Waals surface area contributed by atoms with E-state index in [0.717, 1.165) is 24.8 Å². The van der Waals surface area contributed by atoms with Crippen LogP contribution in [0.2, 0.25) is 0 Å². The fourth-order valence-corrected chi connectivity index (χ4v) is 3.91. The van der Waals surface area contributed by atoms with Crippen molar-refractivity contribution in [1.82, 2.24) is 18.8 Å². The fourth-order valence-electron chi connectivity index (χ4n) is 2.44. The summed E-state index contributed by atoms with van der Waals surface area (Å²) in [5.74, 6) is 0. The molecule has 1 aliphatic rings. The molecule has 1 unspecified atom stereocenters. The Morgan fingerprint density at radius 2 is 2.26 bits per heavy atom. The van der Waals surface area contributed by atoms with Crippen molar-refractivity contribution in [2.24, 2.45) is 7.05 Å². The molecule has 1 N–H and O–H groups in total. The molecule has 0 aliphatic carbocycles. The van der Waals surface area contributed by atoms with E-state index in [9.17, 15) is 8.42 Å². The van der Waals surface area contributed by atoms with E-state index in [-0.39, 0.29) is 6.04 Å². The van der Waals surface area contributed by atoms with Crippen LogP contribution in [-0.2, 0) is 23.7 Å². The molecule has 1 saturated heterocycles. The number of nitrogens with one attached hydrogen (secondary N) is 1. The number of aryl methyl sites for hydroxylation is 1. The standard InChI is InChI=1S/C12H22N4O2S/c1-11-5-3-4-8-16(11)19(17,18)14-7-6-12-9-13-15(2)10-12/h9-11,14H,3-8H2,1-2H3. The van der Waals surface area contributed by atoms with E-state index in [1.165, 1.54) is 0 Å².